The first-order valence-electron chi connectivity index (χ1n) is 14.4. The fraction of sp³-hybridized carbons (Fsp3) is 0.424. The fourth-order valence-electron chi connectivity index (χ4n) is 4.95. The summed E-state index contributed by atoms with van der Waals surface area (Å²) >= 11 is 0. The molecule has 0 bridgehead atoms. The molecule has 1 fully saturated rings. The van der Waals surface area contributed by atoms with E-state index >= 15 is 0 Å². The lowest BCUT2D eigenvalue weighted by molar-refractivity contribution is -0.236. The highest BCUT2D eigenvalue weighted by molar-refractivity contribution is 5.82. The monoisotopic (exact) mass is 578 g/mol. The van der Waals surface area contributed by atoms with E-state index in [1.54, 1.807) is 4.90 Å². The van der Waals surface area contributed by atoms with Gasteiger partial charge in [0, 0.05) is 26.2 Å². The molecule has 0 spiro atoms. The van der Waals surface area contributed by atoms with Crippen molar-refractivity contribution in [2.24, 2.45) is 0 Å². The number of benzene rings is 3. The van der Waals surface area contributed by atoms with Crippen molar-refractivity contribution < 1.29 is 34.3 Å². The van der Waals surface area contributed by atoms with Gasteiger partial charge in [0.2, 0.25) is 0 Å². The smallest absolute Gasteiger partial charge is 0.254 e. The topological polar surface area (TPSA) is 121 Å². The third-order valence-electron chi connectivity index (χ3n) is 7.50. The van der Waals surface area contributed by atoms with Crippen molar-refractivity contribution in [2.45, 2.75) is 56.8 Å². The fourth-order valence-corrected chi connectivity index (χ4v) is 4.95. The van der Waals surface area contributed by atoms with Crippen LogP contribution in [-0.2, 0) is 38.8 Å². The van der Waals surface area contributed by atoms with Crippen LogP contribution < -0.4 is 5.32 Å². The molecule has 9 heteroatoms. The van der Waals surface area contributed by atoms with Crippen LogP contribution >= 0.6 is 0 Å². The third kappa shape index (κ3) is 8.68. The molecule has 9 nitrogen and oxygen atoms in total. The molecule has 5 atom stereocenters. The van der Waals surface area contributed by atoms with Gasteiger partial charge < -0.3 is 39.7 Å². The minimum absolute atomic E-state index is 0.0174. The number of aliphatic hydroxyl groups is 3. The highest BCUT2D eigenvalue weighted by Crippen LogP contribution is 2.28. The second kappa shape index (κ2) is 15.9. The van der Waals surface area contributed by atoms with Crippen molar-refractivity contribution in [2.75, 3.05) is 32.8 Å². The van der Waals surface area contributed by atoms with E-state index in [0.29, 0.717) is 26.2 Å². The van der Waals surface area contributed by atoms with Crippen LogP contribution in [0.25, 0.3) is 0 Å². The van der Waals surface area contributed by atoms with Crippen LogP contribution in [0.2, 0.25) is 0 Å². The Hall–Kier alpha value is -3.15. The van der Waals surface area contributed by atoms with E-state index in [1.165, 1.54) is 6.92 Å². The van der Waals surface area contributed by atoms with Crippen molar-refractivity contribution in [1.29, 1.82) is 0 Å². The Bertz CT molecular complexity index is 1190. The van der Waals surface area contributed by atoms with Crippen LogP contribution in [-0.4, -0.2) is 88.9 Å². The molecule has 1 aliphatic rings. The number of amides is 1. The van der Waals surface area contributed by atoms with Gasteiger partial charge in [0.05, 0.1) is 32.5 Å². The van der Waals surface area contributed by atoms with Crippen molar-refractivity contribution in [3.63, 3.8) is 0 Å². The predicted octanol–water partition coefficient (Wildman–Crippen LogP) is 2.28. The maximum atomic E-state index is 13.8. The van der Waals surface area contributed by atoms with E-state index in [-0.39, 0.29) is 26.4 Å². The summed E-state index contributed by atoms with van der Waals surface area (Å²) in [7, 11) is 0. The standard InChI is InChI=1S/C33H42N2O7/c1-25(36)33(39,24-40-21-26-11-5-2-6-12-26)31(42-23-28-15-9-4-10-16-28)29(37)30(32(38)35-19-17-34-18-20-35)41-22-27-13-7-3-8-14-27/h2-16,25,29-31,34,36-37,39H,17-24H2,1H3/t25-,29-,30-,31+,33-/m1/s1. The molecule has 1 saturated heterocycles. The zero-order chi connectivity index (χ0) is 29.8. The minimum atomic E-state index is -2.08. The van der Waals surface area contributed by atoms with Crippen molar-refractivity contribution in [3.05, 3.63) is 108 Å². The molecule has 0 saturated carbocycles. The summed E-state index contributed by atoms with van der Waals surface area (Å²) in [5.74, 6) is -0.411. The van der Waals surface area contributed by atoms with E-state index in [4.69, 9.17) is 14.2 Å². The van der Waals surface area contributed by atoms with Crippen molar-refractivity contribution in [1.82, 2.24) is 10.2 Å². The Morgan fingerprint density at radius 2 is 1.29 bits per heavy atom. The average Bonchev–Trinajstić information content (AvgIpc) is 3.03. The lowest BCUT2D eigenvalue weighted by atomic mass is 9.85. The summed E-state index contributed by atoms with van der Waals surface area (Å²) in [4.78, 5) is 15.5. The minimum Gasteiger partial charge on any atom is -0.390 e. The first kappa shape index (κ1) is 31.8. The molecular formula is C33H42N2O7. The maximum absolute atomic E-state index is 13.8. The van der Waals surface area contributed by atoms with E-state index in [2.05, 4.69) is 5.32 Å². The molecule has 0 aliphatic carbocycles. The molecule has 1 heterocycles. The number of hydrogen-bond acceptors (Lipinski definition) is 8. The predicted molar refractivity (Wildman–Crippen MR) is 158 cm³/mol. The number of hydrogen-bond donors (Lipinski definition) is 4. The van der Waals surface area contributed by atoms with Gasteiger partial charge in [-0.25, -0.2) is 0 Å². The number of nitrogens with zero attached hydrogens (tertiary/aromatic N) is 1. The van der Waals surface area contributed by atoms with Gasteiger partial charge in [-0.2, -0.15) is 0 Å². The Kier molecular flexibility index (Phi) is 12.0. The van der Waals surface area contributed by atoms with Gasteiger partial charge in [0.15, 0.2) is 6.10 Å². The highest BCUT2D eigenvalue weighted by Gasteiger charge is 2.51. The van der Waals surface area contributed by atoms with Crippen LogP contribution in [0.4, 0.5) is 0 Å². The first-order chi connectivity index (χ1) is 20.4. The number of ether oxygens (including phenoxy) is 3. The summed E-state index contributed by atoms with van der Waals surface area (Å²) in [6.07, 6.45) is -5.84. The van der Waals surface area contributed by atoms with Crippen LogP contribution in [0.15, 0.2) is 91.0 Å². The van der Waals surface area contributed by atoms with Gasteiger partial charge in [-0.15, -0.1) is 0 Å². The maximum Gasteiger partial charge on any atom is 0.254 e. The van der Waals surface area contributed by atoms with E-state index in [1.807, 2.05) is 91.0 Å². The molecule has 0 radical (unpaired) electrons. The molecule has 1 amide bonds. The zero-order valence-corrected chi connectivity index (χ0v) is 24.0. The van der Waals surface area contributed by atoms with Gasteiger partial charge in [0.25, 0.3) is 5.91 Å². The Morgan fingerprint density at radius 1 is 0.810 bits per heavy atom. The van der Waals surface area contributed by atoms with Gasteiger partial charge in [-0.3, -0.25) is 4.79 Å². The average molecular weight is 579 g/mol. The van der Waals surface area contributed by atoms with E-state index in [0.717, 1.165) is 16.7 Å². The van der Waals surface area contributed by atoms with Gasteiger partial charge in [-0.05, 0) is 23.6 Å². The molecule has 4 N–H and O–H groups in total. The van der Waals surface area contributed by atoms with Gasteiger partial charge in [0.1, 0.15) is 17.8 Å². The second-order valence-electron chi connectivity index (χ2n) is 10.6. The number of carbonyl (C=O) groups excluding carboxylic acids is 1. The van der Waals surface area contributed by atoms with Crippen molar-refractivity contribution in [3.8, 4) is 0 Å². The highest BCUT2D eigenvalue weighted by atomic mass is 16.5. The van der Waals surface area contributed by atoms with Crippen LogP contribution in [0.3, 0.4) is 0 Å². The largest absolute Gasteiger partial charge is 0.390 e. The number of rotatable bonds is 15. The molecule has 4 rings (SSSR count). The zero-order valence-electron chi connectivity index (χ0n) is 24.0. The quantitative estimate of drug-likeness (QED) is 0.217. The first-order valence-corrected chi connectivity index (χ1v) is 14.4. The summed E-state index contributed by atoms with van der Waals surface area (Å²) < 4.78 is 18.2. The molecule has 226 valence electrons. The lowest BCUT2D eigenvalue weighted by Gasteiger charge is -2.42. The summed E-state index contributed by atoms with van der Waals surface area (Å²) in [5.41, 5.74) is 0.413. The molecular weight excluding hydrogens is 536 g/mol. The molecule has 3 aromatic carbocycles. The number of aliphatic hydroxyl groups excluding tert-OH is 2. The Balaban J connectivity index is 1.62. The molecule has 0 unspecified atom stereocenters. The van der Waals surface area contributed by atoms with Gasteiger partial charge in [-0.1, -0.05) is 91.0 Å². The van der Waals surface area contributed by atoms with E-state index in [9.17, 15) is 20.1 Å². The summed E-state index contributed by atoms with van der Waals surface area (Å²) in [6.45, 7) is 3.44. The molecule has 1 aliphatic heterocycles. The van der Waals surface area contributed by atoms with Crippen molar-refractivity contribution >= 4 is 5.91 Å². The molecule has 0 aromatic heterocycles. The third-order valence-corrected chi connectivity index (χ3v) is 7.50. The Labute approximate surface area is 247 Å². The van der Waals surface area contributed by atoms with Crippen LogP contribution in [0.5, 0.6) is 0 Å². The molecule has 3 aromatic rings. The van der Waals surface area contributed by atoms with Crippen LogP contribution in [0.1, 0.15) is 23.6 Å². The summed E-state index contributed by atoms with van der Waals surface area (Å²) in [5, 5.41) is 38.0. The molecule has 42 heavy (non-hydrogen) atoms. The number of nitrogens with one attached hydrogen (secondary N) is 1. The SMILES string of the molecule is C[C@@H](O)[C@](O)(COCc1ccccc1)[C@@H](OCc1ccccc1)[C@H](O)[C@@H](OCc1ccccc1)C(=O)N1CCNCC1. The normalized spacial score (nSPS) is 18.0. The van der Waals surface area contributed by atoms with Crippen LogP contribution in [0, 0.1) is 0 Å². The number of carbonyl (C=O) groups is 1. The second-order valence-corrected chi connectivity index (χ2v) is 10.6. The summed E-state index contributed by atoms with van der Waals surface area (Å²) in [6, 6.07) is 28.1. The number of piperazine rings is 1. The van der Waals surface area contributed by atoms with E-state index < -0.39 is 35.9 Å². The Morgan fingerprint density at radius 3 is 1.79 bits per heavy atom. The van der Waals surface area contributed by atoms with Gasteiger partial charge >= 0.3 is 0 Å². The lowest BCUT2D eigenvalue weighted by Crippen LogP contribution is -2.64.